The molecule has 0 aliphatic heterocycles. The van der Waals surface area contributed by atoms with Gasteiger partial charge in [-0.3, -0.25) is 9.59 Å². The Morgan fingerprint density at radius 3 is 1.50 bits per heavy atom. The minimum atomic E-state index is -0.103. The Balaban J connectivity index is 1.76. The van der Waals surface area contributed by atoms with Gasteiger partial charge in [0.05, 0.1) is 0 Å². The molecule has 8 rings (SSSR count). The zero-order chi connectivity index (χ0) is 19.7. The first-order valence-corrected chi connectivity index (χ1v) is 11.1. The summed E-state index contributed by atoms with van der Waals surface area (Å²) in [6.45, 7) is 0. The molecule has 0 bridgehead atoms. The number of fused-ring (bicyclic) bond motifs is 8. The second-order valence-corrected chi connectivity index (χ2v) is 9.23. The fraction of sp³-hybridized carbons (Fsp3) is 0. The lowest BCUT2D eigenvalue weighted by atomic mass is 9.96. The summed E-state index contributed by atoms with van der Waals surface area (Å²) in [5.74, 6) is 0. The average Bonchev–Trinajstić information content (AvgIpc) is 3.49. The van der Waals surface area contributed by atoms with Gasteiger partial charge < -0.3 is 0 Å². The summed E-state index contributed by atoms with van der Waals surface area (Å²) in [7, 11) is 0. The fourth-order valence-electron chi connectivity index (χ4n) is 4.82. The highest BCUT2D eigenvalue weighted by atomic mass is 32.1. The van der Waals surface area contributed by atoms with Crippen LogP contribution >= 0.6 is 22.7 Å². The van der Waals surface area contributed by atoms with Crippen LogP contribution in [0.15, 0.2) is 56.7 Å². The van der Waals surface area contributed by atoms with Crippen LogP contribution < -0.4 is 11.1 Å². The molecule has 0 saturated carbocycles. The second kappa shape index (κ2) is 4.75. The van der Waals surface area contributed by atoms with Crippen LogP contribution in [0.2, 0.25) is 0 Å². The smallest absolute Gasteiger partial charge is 0.265 e. The lowest BCUT2D eigenvalue weighted by Crippen LogP contribution is -2.16. The van der Waals surface area contributed by atoms with Gasteiger partial charge in [0.1, 0.15) is 32.0 Å². The van der Waals surface area contributed by atoms with E-state index < -0.39 is 0 Å². The quantitative estimate of drug-likeness (QED) is 0.337. The molecule has 0 aliphatic rings. The maximum Gasteiger partial charge on any atom is 0.265 e. The minimum absolute atomic E-state index is 0.103. The third-order valence-corrected chi connectivity index (χ3v) is 7.82. The third-order valence-electron chi connectivity index (χ3n) is 6.04. The van der Waals surface area contributed by atoms with Gasteiger partial charge in [-0.25, -0.2) is 18.8 Å². The van der Waals surface area contributed by atoms with Gasteiger partial charge in [-0.2, -0.15) is 0 Å². The summed E-state index contributed by atoms with van der Waals surface area (Å²) in [5, 5.41) is 8.43. The number of rotatable bonds is 0. The van der Waals surface area contributed by atoms with Crippen molar-refractivity contribution >= 4 is 87.0 Å². The highest BCUT2D eigenvalue weighted by Gasteiger charge is 2.22. The van der Waals surface area contributed by atoms with Gasteiger partial charge in [-0.1, -0.05) is 0 Å². The number of hydrogen-bond acceptors (Lipinski definition) is 6. The van der Waals surface area contributed by atoms with Crippen LogP contribution in [0.4, 0.5) is 0 Å². The summed E-state index contributed by atoms with van der Waals surface area (Å²) in [6.07, 6.45) is 0. The van der Waals surface area contributed by atoms with Crippen molar-refractivity contribution in [2.75, 3.05) is 0 Å². The number of imidazole rings is 2. The predicted octanol–water partition coefficient (Wildman–Crippen LogP) is 4.47. The van der Waals surface area contributed by atoms with E-state index in [1.165, 1.54) is 22.7 Å². The fourth-order valence-corrected chi connectivity index (χ4v) is 6.49. The van der Waals surface area contributed by atoms with E-state index in [1.807, 2.05) is 47.2 Å². The Labute approximate surface area is 173 Å². The van der Waals surface area contributed by atoms with Crippen LogP contribution in [0.3, 0.4) is 0 Å². The van der Waals surface area contributed by atoms with Crippen molar-refractivity contribution < 1.29 is 0 Å². The molecule has 0 N–H and O–H groups in total. The summed E-state index contributed by atoms with van der Waals surface area (Å²) < 4.78 is 3.39. The molecule has 0 radical (unpaired) electrons. The van der Waals surface area contributed by atoms with Gasteiger partial charge in [-0.15, -0.1) is 22.7 Å². The Hall–Kier alpha value is -3.62. The van der Waals surface area contributed by atoms with E-state index in [4.69, 9.17) is 9.97 Å². The van der Waals surface area contributed by atoms with Crippen LogP contribution in [0.25, 0.3) is 64.3 Å². The zero-order valence-corrected chi connectivity index (χ0v) is 16.7. The number of pyridine rings is 2. The van der Waals surface area contributed by atoms with Crippen LogP contribution in [-0.2, 0) is 0 Å². The highest BCUT2D eigenvalue weighted by molar-refractivity contribution is 7.17. The molecule has 0 aliphatic carbocycles. The maximum atomic E-state index is 13.4. The van der Waals surface area contributed by atoms with Gasteiger partial charge in [-0.05, 0) is 47.2 Å². The van der Waals surface area contributed by atoms with E-state index in [-0.39, 0.29) is 11.1 Å². The van der Waals surface area contributed by atoms with E-state index in [0.717, 1.165) is 42.2 Å². The molecule has 2 aromatic carbocycles. The Morgan fingerprint density at radius 2 is 1.03 bits per heavy atom. The number of nitrogens with zero attached hydrogens (tertiary/aromatic N) is 4. The number of hydrogen-bond donors (Lipinski definition) is 0. The summed E-state index contributed by atoms with van der Waals surface area (Å²) >= 11 is 3.01. The SMILES string of the molecule is O=c1c2ccc3c4c(ccc(c24)c2nc4ccsc4n12)c(=O)n1c3nc2ccsc21. The number of aromatic nitrogens is 4. The standard InChI is InChI=1S/C22H8N4O2S2/c27-19-11-3-1-9-15-12(20(28)25-17(9)23-13-5-7-29-21(13)25)4-2-10(16(11)15)18-24-14-6-8-30-22(14)26(18)19/h1-8H. The summed E-state index contributed by atoms with van der Waals surface area (Å²) in [5.41, 5.74) is 2.70. The molecule has 30 heavy (non-hydrogen) atoms. The topological polar surface area (TPSA) is 68.7 Å². The largest absolute Gasteiger partial charge is 0.268 e. The van der Waals surface area contributed by atoms with Gasteiger partial charge >= 0.3 is 0 Å². The van der Waals surface area contributed by atoms with Crippen molar-refractivity contribution in [3.05, 3.63) is 67.9 Å². The van der Waals surface area contributed by atoms with E-state index >= 15 is 0 Å². The summed E-state index contributed by atoms with van der Waals surface area (Å²) in [6, 6.07) is 11.4. The van der Waals surface area contributed by atoms with Gasteiger partial charge in [0.15, 0.2) is 0 Å². The molecule has 0 unspecified atom stereocenters. The van der Waals surface area contributed by atoms with E-state index in [1.54, 1.807) is 8.80 Å². The molecule has 8 heteroatoms. The molecule has 6 nitrogen and oxygen atoms in total. The van der Waals surface area contributed by atoms with Crippen molar-refractivity contribution in [3.8, 4) is 0 Å². The molecule has 0 amide bonds. The van der Waals surface area contributed by atoms with E-state index in [9.17, 15) is 9.59 Å². The number of thiophene rings is 2. The number of benzene rings is 2. The van der Waals surface area contributed by atoms with Crippen LogP contribution in [-0.4, -0.2) is 18.8 Å². The molecule has 6 aromatic heterocycles. The van der Waals surface area contributed by atoms with Crippen molar-refractivity contribution in [3.63, 3.8) is 0 Å². The molecule has 0 fully saturated rings. The Bertz CT molecular complexity index is 1960. The molecule has 6 heterocycles. The van der Waals surface area contributed by atoms with E-state index in [2.05, 4.69) is 0 Å². The molecule has 0 atom stereocenters. The first-order chi connectivity index (χ1) is 14.7. The molecule has 8 aromatic rings. The zero-order valence-electron chi connectivity index (χ0n) is 15.0. The van der Waals surface area contributed by atoms with Gasteiger partial charge in [0, 0.05) is 32.3 Å². The summed E-state index contributed by atoms with van der Waals surface area (Å²) in [4.78, 5) is 38.1. The lowest BCUT2D eigenvalue weighted by molar-refractivity contribution is 1.19. The normalized spacial score (nSPS) is 12.9. The van der Waals surface area contributed by atoms with Crippen LogP contribution in [0.5, 0.6) is 0 Å². The Morgan fingerprint density at radius 1 is 0.600 bits per heavy atom. The van der Waals surface area contributed by atoms with Gasteiger partial charge in [0.25, 0.3) is 11.1 Å². The van der Waals surface area contributed by atoms with Gasteiger partial charge in [0.2, 0.25) is 0 Å². The highest BCUT2D eigenvalue weighted by Crippen LogP contribution is 2.37. The molecule has 0 saturated heterocycles. The maximum absolute atomic E-state index is 13.4. The predicted molar refractivity (Wildman–Crippen MR) is 122 cm³/mol. The lowest BCUT2D eigenvalue weighted by Gasteiger charge is -2.11. The third kappa shape index (κ3) is 1.50. The average molecular weight is 424 g/mol. The second-order valence-electron chi connectivity index (χ2n) is 7.45. The van der Waals surface area contributed by atoms with Crippen LogP contribution in [0, 0.1) is 0 Å². The van der Waals surface area contributed by atoms with Crippen LogP contribution in [0.1, 0.15) is 0 Å². The molecular weight excluding hydrogens is 416 g/mol. The minimum Gasteiger partial charge on any atom is -0.268 e. The molecule has 140 valence electrons. The van der Waals surface area contributed by atoms with Crippen molar-refractivity contribution in [2.45, 2.75) is 0 Å². The molecule has 0 spiro atoms. The van der Waals surface area contributed by atoms with Crippen molar-refractivity contribution in [2.24, 2.45) is 0 Å². The first kappa shape index (κ1) is 15.3. The monoisotopic (exact) mass is 424 g/mol. The molecular formula is C22H8N4O2S2. The Kier molecular flexibility index (Phi) is 2.41. The van der Waals surface area contributed by atoms with Crippen molar-refractivity contribution in [1.82, 2.24) is 18.8 Å². The van der Waals surface area contributed by atoms with E-state index in [0.29, 0.717) is 22.1 Å². The van der Waals surface area contributed by atoms with Crippen molar-refractivity contribution in [1.29, 1.82) is 0 Å². The first-order valence-electron chi connectivity index (χ1n) is 9.34.